The lowest BCUT2D eigenvalue weighted by Crippen LogP contribution is -2.35. The maximum absolute atomic E-state index is 13.0. The van der Waals surface area contributed by atoms with Crippen LogP contribution in [0.25, 0.3) is 0 Å². The van der Waals surface area contributed by atoms with Gasteiger partial charge in [0.1, 0.15) is 10.7 Å². The van der Waals surface area contributed by atoms with Crippen LogP contribution in [0.2, 0.25) is 0 Å². The summed E-state index contributed by atoms with van der Waals surface area (Å²) in [6, 6.07) is 10.3. The molecule has 1 unspecified atom stereocenters. The molecular weight excluding hydrogens is 342 g/mol. The largest absolute Gasteiger partial charge is 0.330 e. The Hall–Kier alpha value is -1.43. The Morgan fingerprint density at radius 1 is 1.29 bits per heavy atom. The molecule has 0 bridgehead atoms. The highest BCUT2D eigenvalue weighted by atomic mass is 35.5. The van der Waals surface area contributed by atoms with Gasteiger partial charge in [0.15, 0.2) is 0 Å². The number of thiazole rings is 1. The van der Waals surface area contributed by atoms with Crippen molar-refractivity contribution < 1.29 is 4.79 Å². The minimum Gasteiger partial charge on any atom is -0.330 e. The molecule has 0 aliphatic rings. The quantitative estimate of drug-likeness (QED) is 0.751. The van der Waals surface area contributed by atoms with E-state index in [-0.39, 0.29) is 24.4 Å². The summed E-state index contributed by atoms with van der Waals surface area (Å²) in [5, 5.41) is 2.62. The minimum absolute atomic E-state index is 0. The van der Waals surface area contributed by atoms with E-state index in [4.69, 9.17) is 5.73 Å². The molecule has 0 aliphatic carbocycles. The molecular formula is C18H26ClN3OS. The van der Waals surface area contributed by atoms with E-state index in [0.717, 1.165) is 30.8 Å². The van der Waals surface area contributed by atoms with Crippen LogP contribution in [-0.2, 0) is 6.54 Å². The summed E-state index contributed by atoms with van der Waals surface area (Å²) in [4.78, 5) is 19.3. The van der Waals surface area contributed by atoms with Crippen molar-refractivity contribution in [3.63, 3.8) is 0 Å². The first-order chi connectivity index (χ1) is 11.2. The van der Waals surface area contributed by atoms with E-state index >= 15 is 0 Å². The predicted octanol–water partition coefficient (Wildman–Crippen LogP) is 4.42. The molecule has 24 heavy (non-hydrogen) atoms. The Morgan fingerprint density at radius 2 is 2.00 bits per heavy atom. The fourth-order valence-electron chi connectivity index (χ4n) is 2.69. The van der Waals surface area contributed by atoms with Gasteiger partial charge in [-0.2, -0.15) is 0 Å². The number of unbranched alkanes of at least 4 members (excludes halogenated alkanes) is 1. The van der Waals surface area contributed by atoms with Crippen molar-refractivity contribution in [3.8, 4) is 0 Å². The monoisotopic (exact) mass is 367 g/mol. The van der Waals surface area contributed by atoms with E-state index < -0.39 is 0 Å². The van der Waals surface area contributed by atoms with E-state index in [2.05, 4.69) is 31.0 Å². The molecule has 1 amide bonds. The van der Waals surface area contributed by atoms with Crippen molar-refractivity contribution in [2.45, 2.75) is 45.7 Å². The van der Waals surface area contributed by atoms with E-state index in [1.54, 1.807) is 0 Å². The highest BCUT2D eigenvalue weighted by Gasteiger charge is 2.26. The molecule has 1 aromatic heterocycles. The van der Waals surface area contributed by atoms with Gasteiger partial charge < -0.3 is 10.6 Å². The van der Waals surface area contributed by atoms with Gasteiger partial charge in [0.05, 0.1) is 6.04 Å². The number of carbonyl (C=O) groups excluding carboxylic acids is 1. The summed E-state index contributed by atoms with van der Waals surface area (Å²) in [6.07, 6.45) is 2.93. The summed E-state index contributed by atoms with van der Waals surface area (Å²) < 4.78 is 0. The van der Waals surface area contributed by atoms with Gasteiger partial charge in [-0.05, 0) is 18.4 Å². The molecule has 2 aromatic rings. The number of hydrogen-bond acceptors (Lipinski definition) is 4. The Bertz CT molecular complexity index is 618. The molecule has 1 atom stereocenters. The zero-order valence-corrected chi connectivity index (χ0v) is 15.9. The van der Waals surface area contributed by atoms with Crippen LogP contribution in [0.1, 0.15) is 60.2 Å². The van der Waals surface area contributed by atoms with Crippen molar-refractivity contribution in [2.24, 2.45) is 5.73 Å². The first-order valence-electron chi connectivity index (χ1n) is 8.21. The Balaban J connectivity index is 0.00000288. The van der Waals surface area contributed by atoms with E-state index in [9.17, 15) is 4.79 Å². The summed E-state index contributed by atoms with van der Waals surface area (Å²) in [5.41, 5.74) is 7.31. The second-order valence-electron chi connectivity index (χ2n) is 5.52. The Kier molecular flexibility index (Phi) is 8.97. The number of nitrogens with two attached hydrogens (primary N) is 1. The predicted molar refractivity (Wildman–Crippen MR) is 103 cm³/mol. The smallest absolute Gasteiger partial charge is 0.273 e. The standard InChI is InChI=1S/C18H25N3OS.ClH/c1-3-5-11-21(16(4-2)14-9-7-6-8-10-14)18(22)15-13-23-17(12-19)20-15;/h6-10,13,16H,3-5,11-12,19H2,1-2H3;1H. The number of carbonyl (C=O) groups is 1. The second-order valence-corrected chi connectivity index (χ2v) is 6.46. The third kappa shape index (κ3) is 5.03. The lowest BCUT2D eigenvalue weighted by atomic mass is 10.0. The topological polar surface area (TPSA) is 59.2 Å². The average molecular weight is 368 g/mol. The summed E-state index contributed by atoms with van der Waals surface area (Å²) in [5.74, 6) is 0.00473. The van der Waals surface area contributed by atoms with Crippen molar-refractivity contribution in [1.82, 2.24) is 9.88 Å². The molecule has 4 nitrogen and oxygen atoms in total. The second kappa shape index (κ2) is 10.4. The van der Waals surface area contributed by atoms with Crippen molar-refractivity contribution in [3.05, 3.63) is 52.0 Å². The molecule has 0 aliphatic heterocycles. The van der Waals surface area contributed by atoms with Gasteiger partial charge in [0, 0.05) is 18.5 Å². The maximum Gasteiger partial charge on any atom is 0.273 e. The first-order valence-corrected chi connectivity index (χ1v) is 9.09. The molecule has 0 fully saturated rings. The third-order valence-corrected chi connectivity index (χ3v) is 4.78. The summed E-state index contributed by atoms with van der Waals surface area (Å²) in [6.45, 7) is 5.39. The molecule has 2 N–H and O–H groups in total. The van der Waals surface area contributed by atoms with Gasteiger partial charge in [-0.3, -0.25) is 4.79 Å². The molecule has 132 valence electrons. The fraction of sp³-hybridized carbons (Fsp3) is 0.444. The van der Waals surface area contributed by atoms with Gasteiger partial charge in [-0.1, -0.05) is 50.6 Å². The fourth-order valence-corrected chi connectivity index (χ4v) is 3.34. The van der Waals surface area contributed by atoms with Gasteiger partial charge in [0.2, 0.25) is 0 Å². The van der Waals surface area contributed by atoms with Crippen LogP contribution in [0.4, 0.5) is 0 Å². The van der Waals surface area contributed by atoms with Crippen molar-refractivity contribution >= 4 is 29.7 Å². The molecule has 0 saturated carbocycles. The molecule has 6 heteroatoms. The maximum atomic E-state index is 13.0. The van der Waals surface area contributed by atoms with Gasteiger partial charge >= 0.3 is 0 Å². The SMILES string of the molecule is CCCCN(C(=O)c1csc(CN)n1)C(CC)c1ccccc1.Cl. The molecule has 1 aromatic carbocycles. The number of amides is 1. The van der Waals surface area contributed by atoms with Gasteiger partial charge in [0.25, 0.3) is 5.91 Å². The van der Waals surface area contributed by atoms with Crippen LogP contribution in [0.5, 0.6) is 0 Å². The number of nitrogens with zero attached hydrogens (tertiary/aromatic N) is 2. The third-order valence-electron chi connectivity index (χ3n) is 3.91. The summed E-state index contributed by atoms with van der Waals surface area (Å²) in [7, 11) is 0. The lowest BCUT2D eigenvalue weighted by Gasteiger charge is -2.31. The highest BCUT2D eigenvalue weighted by Crippen LogP contribution is 2.26. The van der Waals surface area contributed by atoms with E-state index in [1.807, 2.05) is 28.5 Å². The van der Waals surface area contributed by atoms with Crippen molar-refractivity contribution in [2.75, 3.05) is 6.54 Å². The first kappa shape index (κ1) is 20.6. The highest BCUT2D eigenvalue weighted by molar-refractivity contribution is 7.09. The number of benzene rings is 1. The Morgan fingerprint density at radius 3 is 2.54 bits per heavy atom. The van der Waals surface area contributed by atoms with Crippen LogP contribution in [0.3, 0.4) is 0 Å². The van der Waals surface area contributed by atoms with Gasteiger partial charge in [-0.15, -0.1) is 23.7 Å². The van der Waals surface area contributed by atoms with Gasteiger partial charge in [-0.25, -0.2) is 4.98 Å². The number of halogens is 1. The minimum atomic E-state index is 0. The molecule has 0 radical (unpaired) electrons. The molecule has 0 spiro atoms. The average Bonchev–Trinajstić information content (AvgIpc) is 3.08. The van der Waals surface area contributed by atoms with Crippen LogP contribution < -0.4 is 5.73 Å². The zero-order chi connectivity index (χ0) is 16.7. The molecule has 0 saturated heterocycles. The van der Waals surface area contributed by atoms with Crippen LogP contribution >= 0.6 is 23.7 Å². The van der Waals surface area contributed by atoms with Crippen LogP contribution in [-0.4, -0.2) is 22.3 Å². The lowest BCUT2D eigenvalue weighted by molar-refractivity contribution is 0.0661. The Labute approximate surface area is 154 Å². The number of rotatable bonds is 8. The molecule has 1 heterocycles. The summed E-state index contributed by atoms with van der Waals surface area (Å²) >= 11 is 1.45. The number of aromatic nitrogens is 1. The number of hydrogen-bond donors (Lipinski definition) is 1. The van der Waals surface area contributed by atoms with E-state index in [0.29, 0.717) is 12.2 Å². The van der Waals surface area contributed by atoms with Crippen LogP contribution in [0.15, 0.2) is 35.7 Å². The van der Waals surface area contributed by atoms with E-state index in [1.165, 1.54) is 16.9 Å². The normalized spacial score (nSPS) is 11.6. The van der Waals surface area contributed by atoms with Crippen molar-refractivity contribution in [1.29, 1.82) is 0 Å². The molecule has 2 rings (SSSR count). The zero-order valence-electron chi connectivity index (χ0n) is 14.3. The van der Waals surface area contributed by atoms with Crippen LogP contribution in [0, 0.1) is 0 Å².